The van der Waals surface area contributed by atoms with Gasteiger partial charge >= 0.3 is 0 Å². The second kappa shape index (κ2) is 9.78. The Labute approximate surface area is 167 Å². The van der Waals surface area contributed by atoms with E-state index in [4.69, 9.17) is 4.74 Å². The quantitative estimate of drug-likeness (QED) is 0.752. The average molecular weight is 383 g/mol. The molecule has 0 heterocycles. The lowest BCUT2D eigenvalue weighted by molar-refractivity contribution is -0.120. The molecule has 150 valence electrons. The highest BCUT2D eigenvalue weighted by atomic mass is 16.5. The minimum absolute atomic E-state index is 0.0706. The zero-order chi connectivity index (χ0) is 20.7. The van der Waals surface area contributed by atoms with E-state index in [1.165, 1.54) is 11.8 Å². The van der Waals surface area contributed by atoms with Crippen LogP contribution in [0.15, 0.2) is 42.5 Å². The van der Waals surface area contributed by atoms with Gasteiger partial charge in [-0.3, -0.25) is 9.59 Å². The van der Waals surface area contributed by atoms with Crippen molar-refractivity contribution in [1.29, 1.82) is 0 Å². The van der Waals surface area contributed by atoms with Gasteiger partial charge in [-0.1, -0.05) is 12.1 Å². The molecule has 2 amide bonds. The molecule has 0 saturated heterocycles. The SMILES string of the molecule is CCN(CC)c1ccc(N(CC(=O)Nc2ccccc2OC)C(C)=O)c(C)c1. The van der Waals surface area contributed by atoms with Crippen LogP contribution < -0.4 is 19.9 Å². The van der Waals surface area contributed by atoms with E-state index in [2.05, 4.69) is 30.1 Å². The molecule has 0 atom stereocenters. The maximum absolute atomic E-state index is 12.6. The number of benzene rings is 2. The van der Waals surface area contributed by atoms with Crippen molar-refractivity contribution in [2.24, 2.45) is 0 Å². The molecule has 1 N–H and O–H groups in total. The van der Waals surface area contributed by atoms with Crippen LogP contribution in [-0.4, -0.2) is 38.6 Å². The minimum atomic E-state index is -0.285. The van der Waals surface area contributed by atoms with Crippen molar-refractivity contribution in [3.8, 4) is 5.75 Å². The van der Waals surface area contributed by atoms with Gasteiger partial charge in [0.25, 0.3) is 0 Å². The number of methoxy groups -OCH3 is 1. The van der Waals surface area contributed by atoms with Gasteiger partial charge in [-0.25, -0.2) is 0 Å². The number of carbonyl (C=O) groups excluding carboxylic acids is 2. The second-order valence-electron chi connectivity index (χ2n) is 6.50. The predicted molar refractivity (Wildman–Crippen MR) is 114 cm³/mol. The van der Waals surface area contributed by atoms with Crippen LogP contribution in [-0.2, 0) is 9.59 Å². The van der Waals surface area contributed by atoms with Gasteiger partial charge in [0.1, 0.15) is 12.3 Å². The van der Waals surface area contributed by atoms with Crippen LogP contribution in [0.1, 0.15) is 26.3 Å². The van der Waals surface area contributed by atoms with Crippen molar-refractivity contribution >= 4 is 28.9 Å². The summed E-state index contributed by atoms with van der Waals surface area (Å²) in [6.07, 6.45) is 0. The Balaban J connectivity index is 2.21. The van der Waals surface area contributed by atoms with Crippen molar-refractivity contribution in [1.82, 2.24) is 0 Å². The standard InChI is InChI=1S/C22H29N3O3/c1-6-24(7-2)18-12-13-20(16(3)14-18)25(17(4)26)15-22(27)23-19-10-8-9-11-21(19)28-5/h8-14H,6-7,15H2,1-5H3,(H,23,27). The Kier molecular flexibility index (Phi) is 7.44. The van der Waals surface area contributed by atoms with Gasteiger partial charge in [0, 0.05) is 31.4 Å². The van der Waals surface area contributed by atoms with Crippen molar-refractivity contribution < 1.29 is 14.3 Å². The van der Waals surface area contributed by atoms with Gasteiger partial charge in [-0.15, -0.1) is 0 Å². The molecule has 6 nitrogen and oxygen atoms in total. The summed E-state index contributed by atoms with van der Waals surface area (Å²) in [4.78, 5) is 28.6. The molecule has 0 radical (unpaired) electrons. The molecule has 0 spiro atoms. The van der Waals surface area contributed by atoms with E-state index in [0.717, 1.165) is 30.0 Å². The molecule has 2 aromatic carbocycles. The van der Waals surface area contributed by atoms with E-state index >= 15 is 0 Å². The minimum Gasteiger partial charge on any atom is -0.495 e. The van der Waals surface area contributed by atoms with Gasteiger partial charge in [0.15, 0.2) is 0 Å². The fourth-order valence-corrected chi connectivity index (χ4v) is 3.18. The number of carbonyl (C=O) groups is 2. The Bertz CT molecular complexity index is 832. The Morgan fingerprint density at radius 2 is 1.75 bits per heavy atom. The monoisotopic (exact) mass is 383 g/mol. The Morgan fingerprint density at radius 3 is 2.32 bits per heavy atom. The smallest absolute Gasteiger partial charge is 0.244 e. The molecule has 0 aliphatic rings. The van der Waals surface area contributed by atoms with Gasteiger partial charge < -0.3 is 19.9 Å². The van der Waals surface area contributed by atoms with Gasteiger partial charge in [0.2, 0.25) is 11.8 Å². The highest BCUT2D eigenvalue weighted by Gasteiger charge is 2.19. The molecular weight excluding hydrogens is 354 g/mol. The molecule has 0 fully saturated rings. The van der Waals surface area contributed by atoms with Crippen molar-refractivity contribution in [3.05, 3.63) is 48.0 Å². The topological polar surface area (TPSA) is 61.9 Å². The third kappa shape index (κ3) is 5.03. The molecule has 0 saturated carbocycles. The second-order valence-corrected chi connectivity index (χ2v) is 6.50. The summed E-state index contributed by atoms with van der Waals surface area (Å²) < 4.78 is 5.26. The van der Waals surface area contributed by atoms with Crippen LogP contribution in [0.2, 0.25) is 0 Å². The Hall–Kier alpha value is -3.02. The van der Waals surface area contributed by atoms with Crippen molar-refractivity contribution in [2.45, 2.75) is 27.7 Å². The number of anilines is 3. The lowest BCUT2D eigenvalue weighted by Gasteiger charge is -2.26. The lowest BCUT2D eigenvalue weighted by atomic mass is 10.1. The van der Waals surface area contributed by atoms with E-state index in [9.17, 15) is 9.59 Å². The summed E-state index contributed by atoms with van der Waals surface area (Å²) in [7, 11) is 1.55. The summed E-state index contributed by atoms with van der Waals surface area (Å²) in [6, 6.07) is 13.1. The van der Waals surface area contributed by atoms with Gasteiger partial charge in [-0.05, 0) is 56.7 Å². The van der Waals surface area contributed by atoms with Crippen LogP contribution in [0, 0.1) is 6.92 Å². The molecule has 28 heavy (non-hydrogen) atoms. The van der Waals surface area contributed by atoms with E-state index in [-0.39, 0.29) is 18.4 Å². The number of ether oxygens (including phenoxy) is 1. The first-order valence-corrected chi connectivity index (χ1v) is 9.47. The lowest BCUT2D eigenvalue weighted by Crippen LogP contribution is -2.37. The third-order valence-corrected chi connectivity index (χ3v) is 4.66. The van der Waals surface area contributed by atoms with E-state index in [1.54, 1.807) is 19.2 Å². The fraction of sp³-hybridized carbons (Fsp3) is 0.364. The number of amides is 2. The molecule has 0 bridgehead atoms. The third-order valence-electron chi connectivity index (χ3n) is 4.66. The normalized spacial score (nSPS) is 10.3. The van der Waals surface area contributed by atoms with Crippen molar-refractivity contribution in [3.63, 3.8) is 0 Å². The predicted octanol–water partition coefficient (Wildman–Crippen LogP) is 3.84. The number of para-hydroxylation sites is 2. The molecule has 2 rings (SSSR count). The number of rotatable bonds is 8. The largest absolute Gasteiger partial charge is 0.495 e. The zero-order valence-corrected chi connectivity index (χ0v) is 17.3. The number of hydrogen-bond donors (Lipinski definition) is 1. The maximum atomic E-state index is 12.6. The first kappa shape index (κ1) is 21.3. The van der Waals surface area contributed by atoms with Crippen LogP contribution in [0.3, 0.4) is 0 Å². The van der Waals surface area contributed by atoms with Gasteiger partial charge in [-0.2, -0.15) is 0 Å². The molecule has 6 heteroatoms. The summed E-state index contributed by atoms with van der Waals surface area (Å²) in [5.74, 6) is 0.103. The summed E-state index contributed by atoms with van der Waals surface area (Å²) in [5.41, 5.74) is 3.36. The highest BCUT2D eigenvalue weighted by Crippen LogP contribution is 2.27. The molecule has 0 unspecified atom stereocenters. The molecule has 0 aliphatic carbocycles. The summed E-state index contributed by atoms with van der Waals surface area (Å²) >= 11 is 0. The van der Waals surface area contributed by atoms with Crippen LogP contribution in [0.4, 0.5) is 17.1 Å². The first-order chi connectivity index (χ1) is 13.4. The van der Waals surface area contributed by atoms with Crippen LogP contribution in [0.25, 0.3) is 0 Å². The van der Waals surface area contributed by atoms with E-state index in [1.807, 2.05) is 31.2 Å². The molecule has 2 aromatic rings. The fourth-order valence-electron chi connectivity index (χ4n) is 3.18. The number of hydrogen-bond acceptors (Lipinski definition) is 4. The maximum Gasteiger partial charge on any atom is 0.244 e. The number of nitrogens with one attached hydrogen (secondary N) is 1. The highest BCUT2D eigenvalue weighted by molar-refractivity contribution is 6.02. The summed E-state index contributed by atoms with van der Waals surface area (Å²) in [5, 5.41) is 2.82. The molecule has 0 aromatic heterocycles. The molecular formula is C22H29N3O3. The number of aryl methyl sites for hydroxylation is 1. The zero-order valence-electron chi connectivity index (χ0n) is 17.3. The van der Waals surface area contributed by atoms with Crippen LogP contribution >= 0.6 is 0 Å². The average Bonchev–Trinajstić information content (AvgIpc) is 2.68. The summed E-state index contributed by atoms with van der Waals surface area (Å²) in [6.45, 7) is 9.39. The first-order valence-electron chi connectivity index (χ1n) is 9.47. The van der Waals surface area contributed by atoms with Crippen molar-refractivity contribution in [2.75, 3.05) is 41.9 Å². The molecule has 0 aliphatic heterocycles. The van der Waals surface area contributed by atoms with Gasteiger partial charge in [0.05, 0.1) is 12.8 Å². The number of nitrogens with zero attached hydrogens (tertiary/aromatic N) is 2. The van der Waals surface area contributed by atoms with E-state index < -0.39 is 0 Å². The van der Waals surface area contributed by atoms with Crippen LogP contribution in [0.5, 0.6) is 5.75 Å². The Morgan fingerprint density at radius 1 is 1.07 bits per heavy atom. The van der Waals surface area contributed by atoms with E-state index in [0.29, 0.717) is 11.4 Å².